The van der Waals surface area contributed by atoms with E-state index in [4.69, 9.17) is 0 Å². The number of phenolic OH excluding ortho intramolecular Hbond substituents is 1. The van der Waals surface area contributed by atoms with Crippen molar-refractivity contribution in [1.82, 2.24) is 4.90 Å². The normalized spacial score (nSPS) is 22.0. The number of aryl methyl sites for hydroxylation is 1. The van der Waals surface area contributed by atoms with Crippen LogP contribution in [0.1, 0.15) is 60.8 Å². The second-order valence-corrected chi connectivity index (χ2v) is 11.7. The van der Waals surface area contributed by atoms with Crippen LogP contribution in [0.5, 0.6) is 5.75 Å². The average Bonchev–Trinajstić information content (AvgIpc) is 3.12. The van der Waals surface area contributed by atoms with Crippen molar-refractivity contribution in [2.24, 2.45) is 5.41 Å². The van der Waals surface area contributed by atoms with E-state index >= 15 is 0 Å². The highest BCUT2D eigenvalue weighted by atomic mass is 16.4. The number of hydrogen-bond donors (Lipinski definition) is 2. The van der Waals surface area contributed by atoms with E-state index in [-0.39, 0.29) is 12.0 Å². The number of carboxylic acids is 1. The maximum atomic E-state index is 11.3. The van der Waals surface area contributed by atoms with Crippen LogP contribution in [0.15, 0.2) is 72.8 Å². The molecule has 2 aliphatic heterocycles. The van der Waals surface area contributed by atoms with Crippen molar-refractivity contribution in [3.63, 3.8) is 0 Å². The SMILES string of the molecule is O=C(O)CN1CCCC2(CCCN(c3ccc(C4=C(c5ccccc5)CCCc5cc(O)ccc54)cc3)C2)C1. The summed E-state index contributed by atoms with van der Waals surface area (Å²) in [4.78, 5) is 16.0. The molecule has 39 heavy (non-hydrogen) atoms. The molecule has 3 aromatic carbocycles. The Balaban J connectivity index is 1.32. The zero-order chi connectivity index (χ0) is 26.8. The molecular formula is C34H38N2O3. The fourth-order valence-electron chi connectivity index (χ4n) is 7.27. The van der Waals surface area contributed by atoms with Gasteiger partial charge in [-0.2, -0.15) is 0 Å². The van der Waals surface area contributed by atoms with Gasteiger partial charge in [-0.1, -0.05) is 48.5 Å². The van der Waals surface area contributed by atoms with E-state index in [0.29, 0.717) is 5.75 Å². The summed E-state index contributed by atoms with van der Waals surface area (Å²) in [5.74, 6) is -0.398. The van der Waals surface area contributed by atoms with Crippen LogP contribution in [0, 0.1) is 5.41 Å². The van der Waals surface area contributed by atoms with Crippen LogP contribution in [0.4, 0.5) is 5.69 Å². The van der Waals surface area contributed by atoms with Gasteiger partial charge < -0.3 is 15.1 Å². The predicted octanol–water partition coefficient (Wildman–Crippen LogP) is 6.45. The summed E-state index contributed by atoms with van der Waals surface area (Å²) in [6.45, 7) is 3.95. The van der Waals surface area contributed by atoms with E-state index in [2.05, 4.69) is 70.5 Å². The molecule has 2 heterocycles. The third-order valence-corrected chi connectivity index (χ3v) is 8.94. The van der Waals surface area contributed by atoms with Gasteiger partial charge in [0.2, 0.25) is 0 Å². The lowest BCUT2D eigenvalue weighted by Gasteiger charge is -2.49. The Labute approximate surface area is 231 Å². The second-order valence-electron chi connectivity index (χ2n) is 11.7. The van der Waals surface area contributed by atoms with E-state index in [9.17, 15) is 15.0 Å². The Morgan fingerprint density at radius 2 is 1.59 bits per heavy atom. The molecule has 5 heteroatoms. The molecule has 0 bridgehead atoms. The Morgan fingerprint density at radius 1 is 0.821 bits per heavy atom. The summed E-state index contributed by atoms with van der Waals surface area (Å²) < 4.78 is 0. The van der Waals surface area contributed by atoms with Crippen LogP contribution in [0.25, 0.3) is 11.1 Å². The number of allylic oxidation sites excluding steroid dienone is 1. The molecule has 2 saturated heterocycles. The maximum Gasteiger partial charge on any atom is 0.317 e. The second kappa shape index (κ2) is 10.9. The molecule has 5 nitrogen and oxygen atoms in total. The standard InChI is InChI=1S/C34H38N2O3/c37-29-15-16-31-27(21-29)9-4-10-30(25-7-2-1-3-8-25)33(31)26-11-13-28(14-12-26)36-20-6-18-34(24-36)17-5-19-35(23-34)22-32(38)39/h1-3,7-8,11-16,21,37H,4-6,9-10,17-20,22-24H2,(H,38,39). The molecule has 6 rings (SSSR count). The molecule has 0 radical (unpaired) electrons. The Bertz CT molecular complexity index is 1360. The van der Waals surface area contributed by atoms with E-state index in [0.717, 1.165) is 58.3 Å². The number of phenols is 1. The minimum absolute atomic E-state index is 0.147. The lowest BCUT2D eigenvalue weighted by Crippen LogP contribution is -2.53. The molecule has 3 aliphatic rings. The number of piperidine rings is 2. The molecule has 0 saturated carbocycles. The number of carbonyl (C=O) groups is 1. The highest BCUT2D eigenvalue weighted by Crippen LogP contribution is 2.43. The third-order valence-electron chi connectivity index (χ3n) is 8.94. The first-order chi connectivity index (χ1) is 19.0. The highest BCUT2D eigenvalue weighted by Gasteiger charge is 2.39. The van der Waals surface area contributed by atoms with Crippen LogP contribution in [-0.2, 0) is 11.2 Å². The summed E-state index contributed by atoms with van der Waals surface area (Å²) in [5.41, 5.74) is 8.96. The van der Waals surface area contributed by atoms with Crippen LogP contribution < -0.4 is 4.90 Å². The van der Waals surface area contributed by atoms with Crippen molar-refractivity contribution in [3.8, 4) is 5.75 Å². The number of rotatable bonds is 5. The van der Waals surface area contributed by atoms with Crippen molar-refractivity contribution in [2.75, 3.05) is 37.6 Å². The van der Waals surface area contributed by atoms with E-state index in [1.54, 1.807) is 0 Å². The minimum Gasteiger partial charge on any atom is -0.508 e. The molecule has 1 atom stereocenters. The van der Waals surface area contributed by atoms with Crippen molar-refractivity contribution in [1.29, 1.82) is 0 Å². The predicted molar refractivity (Wildman–Crippen MR) is 157 cm³/mol. The molecule has 0 aromatic heterocycles. The lowest BCUT2D eigenvalue weighted by molar-refractivity contribution is -0.139. The van der Waals surface area contributed by atoms with Gasteiger partial charge in [-0.15, -0.1) is 0 Å². The number of aromatic hydroxyl groups is 1. The fourth-order valence-corrected chi connectivity index (χ4v) is 7.27. The van der Waals surface area contributed by atoms with Gasteiger partial charge in [-0.3, -0.25) is 9.69 Å². The largest absolute Gasteiger partial charge is 0.508 e. The van der Waals surface area contributed by atoms with Crippen molar-refractivity contribution < 1.29 is 15.0 Å². The number of aliphatic carboxylic acids is 1. The Morgan fingerprint density at radius 3 is 2.36 bits per heavy atom. The quantitative estimate of drug-likeness (QED) is 0.403. The van der Waals surface area contributed by atoms with E-state index in [1.807, 2.05) is 12.1 Å². The molecule has 1 unspecified atom stereocenters. The summed E-state index contributed by atoms with van der Waals surface area (Å²) in [7, 11) is 0. The van der Waals surface area contributed by atoms with Crippen molar-refractivity contribution in [2.45, 2.75) is 44.9 Å². The maximum absolute atomic E-state index is 11.3. The van der Waals surface area contributed by atoms with Crippen LogP contribution in [0.3, 0.4) is 0 Å². The van der Waals surface area contributed by atoms with Gasteiger partial charge >= 0.3 is 5.97 Å². The van der Waals surface area contributed by atoms with Crippen LogP contribution in [0.2, 0.25) is 0 Å². The Kier molecular flexibility index (Phi) is 7.18. The number of nitrogens with zero attached hydrogens (tertiary/aromatic N) is 2. The number of anilines is 1. The number of benzene rings is 3. The van der Waals surface area contributed by atoms with Crippen molar-refractivity contribution in [3.05, 3.63) is 95.1 Å². The molecule has 202 valence electrons. The zero-order valence-electron chi connectivity index (χ0n) is 22.6. The molecule has 2 fully saturated rings. The molecule has 3 aromatic rings. The Hall–Kier alpha value is -3.57. The number of fused-ring (bicyclic) bond motifs is 1. The summed E-state index contributed by atoms with van der Waals surface area (Å²) in [6, 6.07) is 25.6. The number of likely N-dealkylation sites (tertiary alicyclic amines) is 1. The fraction of sp³-hybridized carbons (Fsp3) is 0.382. The third kappa shape index (κ3) is 5.46. The molecule has 0 amide bonds. The van der Waals surface area contributed by atoms with Gasteiger partial charge in [0.1, 0.15) is 5.75 Å². The van der Waals surface area contributed by atoms with Gasteiger partial charge in [0, 0.05) is 30.7 Å². The van der Waals surface area contributed by atoms with Crippen molar-refractivity contribution >= 4 is 22.8 Å². The van der Waals surface area contributed by atoms with Gasteiger partial charge in [0.15, 0.2) is 0 Å². The van der Waals surface area contributed by atoms with Gasteiger partial charge in [0.05, 0.1) is 6.54 Å². The van der Waals surface area contributed by atoms with Crippen LogP contribution >= 0.6 is 0 Å². The summed E-state index contributed by atoms with van der Waals surface area (Å²) >= 11 is 0. The highest BCUT2D eigenvalue weighted by molar-refractivity contribution is 6.00. The smallest absolute Gasteiger partial charge is 0.317 e. The van der Waals surface area contributed by atoms with Gasteiger partial charge in [0.25, 0.3) is 0 Å². The molecule has 1 aliphatic carbocycles. The molecule has 1 spiro atoms. The number of carboxylic acid groups (broad SMARTS) is 1. The monoisotopic (exact) mass is 522 g/mol. The summed E-state index contributed by atoms with van der Waals surface area (Å²) in [6.07, 6.45) is 7.57. The summed E-state index contributed by atoms with van der Waals surface area (Å²) in [5, 5.41) is 19.5. The lowest BCUT2D eigenvalue weighted by atomic mass is 9.73. The average molecular weight is 523 g/mol. The zero-order valence-corrected chi connectivity index (χ0v) is 22.6. The van der Waals surface area contributed by atoms with Crippen LogP contribution in [-0.4, -0.2) is 53.8 Å². The topological polar surface area (TPSA) is 64.0 Å². The van der Waals surface area contributed by atoms with E-state index < -0.39 is 5.97 Å². The van der Waals surface area contributed by atoms with Gasteiger partial charge in [-0.05, 0) is 109 Å². The van der Waals surface area contributed by atoms with Gasteiger partial charge in [-0.25, -0.2) is 0 Å². The van der Waals surface area contributed by atoms with E-state index in [1.165, 1.54) is 51.9 Å². The molecular weight excluding hydrogens is 484 g/mol. The molecule has 2 N–H and O–H groups in total. The first-order valence-corrected chi connectivity index (χ1v) is 14.4. The first-order valence-electron chi connectivity index (χ1n) is 14.4. The first kappa shape index (κ1) is 25.7. The number of hydrogen-bond acceptors (Lipinski definition) is 4. The minimum atomic E-state index is -0.727.